The fourth-order valence-corrected chi connectivity index (χ4v) is 4.75. The molecule has 3 rings (SSSR count). The second kappa shape index (κ2) is 8.54. The smallest absolute Gasteiger partial charge is 0.243 e. The Hall–Kier alpha value is -2.38. The minimum absolute atomic E-state index is 0.180. The third-order valence-electron chi connectivity index (χ3n) is 4.58. The van der Waals surface area contributed by atoms with Crippen molar-refractivity contribution < 1.29 is 17.9 Å². The van der Waals surface area contributed by atoms with Crippen LogP contribution in [0.5, 0.6) is 5.75 Å². The Morgan fingerprint density at radius 1 is 1.15 bits per heavy atom. The highest BCUT2D eigenvalue weighted by molar-refractivity contribution is 7.89. The average Bonchev–Trinajstić information content (AvgIpc) is 2.70. The molecule has 1 fully saturated rings. The van der Waals surface area contributed by atoms with E-state index in [0.29, 0.717) is 37.4 Å². The van der Waals surface area contributed by atoms with Crippen LogP contribution in [-0.2, 0) is 14.8 Å². The molecule has 2 aromatic rings. The lowest BCUT2D eigenvalue weighted by molar-refractivity contribution is -0.120. The summed E-state index contributed by atoms with van der Waals surface area (Å²) in [6.07, 6.45) is 1.31. The highest BCUT2D eigenvalue weighted by Gasteiger charge is 2.33. The van der Waals surface area contributed by atoms with Gasteiger partial charge in [0.2, 0.25) is 15.9 Å². The highest BCUT2D eigenvalue weighted by Crippen LogP contribution is 2.27. The molecule has 0 saturated carbocycles. The van der Waals surface area contributed by atoms with E-state index < -0.39 is 15.9 Å². The summed E-state index contributed by atoms with van der Waals surface area (Å²) in [4.78, 5) is 13.0. The number of piperidine rings is 1. The molecule has 0 radical (unpaired) electrons. The van der Waals surface area contributed by atoms with E-state index in [-0.39, 0.29) is 17.3 Å². The summed E-state index contributed by atoms with van der Waals surface area (Å²) in [6.45, 7) is 2.99. The van der Waals surface area contributed by atoms with Crippen LogP contribution in [0.3, 0.4) is 0 Å². The lowest BCUT2D eigenvalue weighted by atomic mass is 9.98. The number of anilines is 1. The molecule has 27 heavy (non-hydrogen) atoms. The molecule has 1 aliphatic rings. The van der Waals surface area contributed by atoms with Crippen LogP contribution in [0.4, 0.5) is 5.69 Å². The standard InChI is InChI=1S/C20H24N2O4S/c1-2-26-19-13-7-6-12-18(19)21-20(23)16-9-8-14-22(15-16)27(24,25)17-10-4-3-5-11-17/h3-7,10-13,16H,2,8-9,14-15H2,1H3,(H,21,23)/t16-/m0/s1. The van der Waals surface area contributed by atoms with Crippen molar-refractivity contribution in [2.24, 2.45) is 5.92 Å². The minimum atomic E-state index is -3.59. The molecule has 1 saturated heterocycles. The molecule has 0 aromatic heterocycles. The summed E-state index contributed by atoms with van der Waals surface area (Å²) in [5.41, 5.74) is 0.604. The Kier molecular flexibility index (Phi) is 6.13. The van der Waals surface area contributed by atoms with Crippen LogP contribution in [0.25, 0.3) is 0 Å². The molecule has 0 aliphatic carbocycles. The zero-order valence-electron chi connectivity index (χ0n) is 15.3. The molecule has 7 heteroatoms. The van der Waals surface area contributed by atoms with Crippen molar-refractivity contribution in [1.29, 1.82) is 0 Å². The number of hydrogen-bond donors (Lipinski definition) is 1. The highest BCUT2D eigenvalue weighted by atomic mass is 32.2. The number of ether oxygens (including phenoxy) is 1. The quantitative estimate of drug-likeness (QED) is 0.825. The molecule has 0 bridgehead atoms. The summed E-state index contributed by atoms with van der Waals surface area (Å²) in [5, 5.41) is 2.89. The molecule has 1 N–H and O–H groups in total. The largest absolute Gasteiger partial charge is 0.492 e. The van der Waals surface area contributed by atoms with Crippen LogP contribution in [0.15, 0.2) is 59.5 Å². The zero-order chi connectivity index (χ0) is 19.3. The summed E-state index contributed by atoms with van der Waals surface area (Å²) in [5.74, 6) is 0.0277. The first-order valence-electron chi connectivity index (χ1n) is 9.10. The van der Waals surface area contributed by atoms with Crippen molar-refractivity contribution >= 4 is 21.6 Å². The molecule has 1 amide bonds. The van der Waals surface area contributed by atoms with E-state index in [1.54, 1.807) is 42.5 Å². The van der Waals surface area contributed by atoms with Gasteiger partial charge in [-0.05, 0) is 44.0 Å². The maximum absolute atomic E-state index is 12.8. The van der Waals surface area contributed by atoms with Crippen molar-refractivity contribution in [3.05, 3.63) is 54.6 Å². The van der Waals surface area contributed by atoms with Crippen LogP contribution < -0.4 is 10.1 Å². The van der Waals surface area contributed by atoms with Crippen LogP contribution in [-0.4, -0.2) is 38.3 Å². The lowest BCUT2D eigenvalue weighted by Gasteiger charge is -2.31. The molecule has 0 unspecified atom stereocenters. The summed E-state index contributed by atoms with van der Waals surface area (Å²) >= 11 is 0. The van der Waals surface area contributed by atoms with Gasteiger partial charge in [0.15, 0.2) is 0 Å². The Balaban J connectivity index is 1.72. The van der Waals surface area contributed by atoms with Crippen molar-refractivity contribution in [3.8, 4) is 5.75 Å². The van der Waals surface area contributed by atoms with Gasteiger partial charge in [0, 0.05) is 13.1 Å². The van der Waals surface area contributed by atoms with Crippen LogP contribution in [0, 0.1) is 5.92 Å². The van der Waals surface area contributed by atoms with Gasteiger partial charge in [-0.1, -0.05) is 30.3 Å². The van der Waals surface area contributed by atoms with Gasteiger partial charge in [0.05, 0.1) is 23.1 Å². The molecular weight excluding hydrogens is 364 g/mol. The number of carbonyl (C=O) groups is 1. The topological polar surface area (TPSA) is 75.7 Å². The van der Waals surface area contributed by atoms with E-state index in [1.165, 1.54) is 4.31 Å². The fourth-order valence-electron chi connectivity index (χ4n) is 3.20. The number of sulfonamides is 1. The summed E-state index contributed by atoms with van der Waals surface area (Å²) in [7, 11) is -3.59. The molecule has 1 atom stereocenters. The second-order valence-electron chi connectivity index (χ2n) is 6.43. The maximum atomic E-state index is 12.8. The molecule has 144 valence electrons. The maximum Gasteiger partial charge on any atom is 0.243 e. The van der Waals surface area contributed by atoms with E-state index in [9.17, 15) is 13.2 Å². The second-order valence-corrected chi connectivity index (χ2v) is 8.37. The summed E-state index contributed by atoms with van der Waals surface area (Å²) < 4.78 is 32.6. The van der Waals surface area contributed by atoms with Gasteiger partial charge in [-0.15, -0.1) is 0 Å². The minimum Gasteiger partial charge on any atom is -0.492 e. The van der Waals surface area contributed by atoms with Crippen molar-refractivity contribution in [3.63, 3.8) is 0 Å². The number of nitrogens with zero attached hydrogens (tertiary/aromatic N) is 1. The van der Waals surface area contributed by atoms with Gasteiger partial charge in [0.1, 0.15) is 5.75 Å². The molecule has 0 spiro atoms. The lowest BCUT2D eigenvalue weighted by Crippen LogP contribution is -2.43. The van der Waals surface area contributed by atoms with Gasteiger partial charge in [-0.3, -0.25) is 4.79 Å². The van der Waals surface area contributed by atoms with Gasteiger partial charge >= 0.3 is 0 Å². The van der Waals surface area contributed by atoms with E-state index >= 15 is 0 Å². The predicted molar refractivity (Wildman–Crippen MR) is 104 cm³/mol. The van der Waals surface area contributed by atoms with Gasteiger partial charge in [-0.25, -0.2) is 8.42 Å². The molecule has 1 heterocycles. The van der Waals surface area contributed by atoms with Gasteiger partial charge in [-0.2, -0.15) is 4.31 Å². The van der Waals surface area contributed by atoms with E-state index in [1.807, 2.05) is 19.1 Å². The van der Waals surface area contributed by atoms with Crippen molar-refractivity contribution in [1.82, 2.24) is 4.31 Å². The number of rotatable bonds is 6. The van der Waals surface area contributed by atoms with Crippen LogP contribution in [0.2, 0.25) is 0 Å². The van der Waals surface area contributed by atoms with E-state index in [2.05, 4.69) is 5.32 Å². The predicted octanol–water partition coefficient (Wildman–Crippen LogP) is 3.12. The number of benzene rings is 2. The van der Waals surface area contributed by atoms with E-state index in [0.717, 1.165) is 0 Å². The fraction of sp³-hybridized carbons (Fsp3) is 0.350. The normalized spacial score (nSPS) is 18.0. The first-order valence-corrected chi connectivity index (χ1v) is 10.5. The van der Waals surface area contributed by atoms with Crippen LogP contribution in [0.1, 0.15) is 19.8 Å². The average molecular weight is 388 g/mol. The first-order chi connectivity index (χ1) is 13.0. The third-order valence-corrected chi connectivity index (χ3v) is 6.46. The van der Waals surface area contributed by atoms with E-state index in [4.69, 9.17) is 4.74 Å². The van der Waals surface area contributed by atoms with Gasteiger partial charge < -0.3 is 10.1 Å². The number of carbonyl (C=O) groups excluding carboxylic acids is 1. The van der Waals surface area contributed by atoms with Crippen molar-refractivity contribution in [2.45, 2.75) is 24.7 Å². The number of para-hydroxylation sites is 2. The Labute approximate surface area is 160 Å². The summed E-state index contributed by atoms with van der Waals surface area (Å²) in [6, 6.07) is 15.6. The molecule has 2 aromatic carbocycles. The number of nitrogens with one attached hydrogen (secondary N) is 1. The third kappa shape index (κ3) is 4.48. The van der Waals surface area contributed by atoms with Crippen molar-refractivity contribution in [2.75, 3.05) is 25.0 Å². The Morgan fingerprint density at radius 2 is 1.85 bits per heavy atom. The molecule has 6 nitrogen and oxygen atoms in total. The SMILES string of the molecule is CCOc1ccccc1NC(=O)[C@H]1CCCN(S(=O)(=O)c2ccccc2)C1. The number of hydrogen-bond acceptors (Lipinski definition) is 4. The Morgan fingerprint density at radius 3 is 2.59 bits per heavy atom. The zero-order valence-corrected chi connectivity index (χ0v) is 16.1. The van der Waals surface area contributed by atoms with Crippen LogP contribution >= 0.6 is 0 Å². The molecular formula is C20H24N2O4S. The Bertz CT molecular complexity index is 884. The van der Waals surface area contributed by atoms with Gasteiger partial charge in [0.25, 0.3) is 0 Å². The monoisotopic (exact) mass is 388 g/mol. The number of amides is 1. The molecule has 1 aliphatic heterocycles. The first kappa shape index (κ1) is 19.4.